The molecule has 1 N–H and O–H groups in total. The summed E-state index contributed by atoms with van der Waals surface area (Å²) in [6, 6.07) is 1.50. The van der Waals surface area contributed by atoms with E-state index in [2.05, 4.69) is 5.32 Å². The van der Waals surface area contributed by atoms with Crippen molar-refractivity contribution in [2.24, 2.45) is 5.41 Å². The number of rotatable bonds is 2. The van der Waals surface area contributed by atoms with Gasteiger partial charge in [0.25, 0.3) is 0 Å². The Kier molecular flexibility index (Phi) is 2.71. The first-order valence-electron chi connectivity index (χ1n) is 6.31. The van der Waals surface area contributed by atoms with E-state index in [0.717, 1.165) is 32.5 Å². The van der Waals surface area contributed by atoms with Crippen LogP contribution in [0.25, 0.3) is 0 Å². The van der Waals surface area contributed by atoms with Crippen molar-refractivity contribution in [2.75, 3.05) is 26.4 Å². The maximum absolute atomic E-state index is 5.70. The Morgan fingerprint density at radius 1 is 0.933 bits per heavy atom. The van der Waals surface area contributed by atoms with Crippen LogP contribution in [0.4, 0.5) is 0 Å². The van der Waals surface area contributed by atoms with E-state index in [0.29, 0.717) is 11.5 Å². The van der Waals surface area contributed by atoms with Crippen molar-refractivity contribution >= 4 is 0 Å². The number of hydrogen-bond acceptors (Lipinski definition) is 3. The highest BCUT2D eigenvalue weighted by Gasteiger charge is 2.44. The van der Waals surface area contributed by atoms with Crippen LogP contribution in [0.1, 0.15) is 32.1 Å². The third-order valence-corrected chi connectivity index (χ3v) is 4.18. The molecule has 0 aromatic rings. The van der Waals surface area contributed by atoms with Crippen molar-refractivity contribution in [1.82, 2.24) is 5.32 Å². The van der Waals surface area contributed by atoms with E-state index < -0.39 is 0 Å². The Morgan fingerprint density at radius 2 is 1.73 bits per heavy atom. The van der Waals surface area contributed by atoms with Gasteiger partial charge in [-0.3, -0.25) is 0 Å². The van der Waals surface area contributed by atoms with Gasteiger partial charge in [-0.1, -0.05) is 0 Å². The molecule has 1 unspecified atom stereocenters. The molecule has 1 spiro atoms. The van der Waals surface area contributed by atoms with Crippen LogP contribution in [-0.4, -0.2) is 38.5 Å². The molecule has 0 radical (unpaired) electrons. The van der Waals surface area contributed by atoms with Crippen molar-refractivity contribution in [3.05, 3.63) is 0 Å². The summed E-state index contributed by atoms with van der Waals surface area (Å²) in [7, 11) is 0. The van der Waals surface area contributed by atoms with E-state index in [1.807, 2.05) is 0 Å². The third kappa shape index (κ3) is 2.05. The van der Waals surface area contributed by atoms with Crippen LogP contribution >= 0.6 is 0 Å². The molecule has 1 saturated carbocycles. The van der Waals surface area contributed by atoms with Gasteiger partial charge in [-0.25, -0.2) is 0 Å². The molecule has 15 heavy (non-hydrogen) atoms. The highest BCUT2D eigenvalue weighted by atomic mass is 16.5. The molecule has 0 aromatic carbocycles. The quantitative estimate of drug-likeness (QED) is 0.747. The smallest absolute Gasteiger partial charge is 0.0539 e. The summed E-state index contributed by atoms with van der Waals surface area (Å²) >= 11 is 0. The zero-order valence-corrected chi connectivity index (χ0v) is 9.34. The Bertz CT molecular complexity index is 213. The van der Waals surface area contributed by atoms with Crippen molar-refractivity contribution in [2.45, 2.75) is 44.2 Å². The minimum Gasteiger partial charge on any atom is -0.381 e. The Morgan fingerprint density at radius 3 is 2.47 bits per heavy atom. The predicted octanol–water partition coefficient (Wildman–Crippen LogP) is 1.32. The lowest BCUT2D eigenvalue weighted by atomic mass is 9.72. The average molecular weight is 211 g/mol. The molecule has 2 aliphatic heterocycles. The lowest BCUT2D eigenvalue weighted by Crippen LogP contribution is -2.54. The summed E-state index contributed by atoms with van der Waals surface area (Å²) in [5, 5.41) is 3.82. The number of hydrogen-bond donors (Lipinski definition) is 1. The van der Waals surface area contributed by atoms with Crippen molar-refractivity contribution in [3.8, 4) is 0 Å². The van der Waals surface area contributed by atoms with Gasteiger partial charge in [0.15, 0.2) is 0 Å². The topological polar surface area (TPSA) is 30.5 Å². The summed E-state index contributed by atoms with van der Waals surface area (Å²) < 4.78 is 11.2. The largest absolute Gasteiger partial charge is 0.381 e. The van der Waals surface area contributed by atoms with E-state index in [-0.39, 0.29) is 0 Å². The van der Waals surface area contributed by atoms with E-state index in [1.165, 1.54) is 32.1 Å². The lowest BCUT2D eigenvalue weighted by Gasteiger charge is -2.46. The fourth-order valence-electron chi connectivity index (χ4n) is 2.95. The van der Waals surface area contributed by atoms with Crippen LogP contribution < -0.4 is 5.32 Å². The van der Waals surface area contributed by atoms with Gasteiger partial charge in [0.2, 0.25) is 0 Å². The highest BCUT2D eigenvalue weighted by molar-refractivity contribution is 4.98. The molecule has 2 heterocycles. The molecule has 0 bridgehead atoms. The summed E-state index contributed by atoms with van der Waals surface area (Å²) in [6.45, 7) is 3.73. The summed E-state index contributed by atoms with van der Waals surface area (Å²) in [4.78, 5) is 0. The van der Waals surface area contributed by atoms with Crippen molar-refractivity contribution < 1.29 is 9.47 Å². The predicted molar refractivity (Wildman–Crippen MR) is 57.9 cm³/mol. The first-order valence-corrected chi connectivity index (χ1v) is 6.31. The standard InChI is InChI=1S/C12H21NO2/c1-2-10(1)13-11-3-6-15-9-12(11)4-7-14-8-5-12/h10-11,13H,1-9H2. The number of nitrogens with one attached hydrogen (secondary N) is 1. The van der Waals surface area contributed by atoms with Crippen LogP contribution in [-0.2, 0) is 9.47 Å². The molecule has 3 aliphatic rings. The summed E-state index contributed by atoms with van der Waals surface area (Å²) in [5.41, 5.74) is 0.388. The van der Waals surface area contributed by atoms with Crippen molar-refractivity contribution in [3.63, 3.8) is 0 Å². The van der Waals surface area contributed by atoms with Crippen LogP contribution in [0, 0.1) is 5.41 Å². The second-order valence-electron chi connectivity index (χ2n) is 5.31. The minimum absolute atomic E-state index is 0.388. The lowest BCUT2D eigenvalue weighted by molar-refractivity contribution is -0.0918. The molecule has 2 saturated heterocycles. The monoisotopic (exact) mass is 211 g/mol. The summed E-state index contributed by atoms with van der Waals surface area (Å²) in [6.07, 6.45) is 6.30. The first kappa shape index (κ1) is 10.1. The third-order valence-electron chi connectivity index (χ3n) is 4.18. The second-order valence-corrected chi connectivity index (χ2v) is 5.31. The maximum Gasteiger partial charge on any atom is 0.0539 e. The van der Waals surface area contributed by atoms with Gasteiger partial charge in [-0.15, -0.1) is 0 Å². The molecule has 0 amide bonds. The fraction of sp³-hybridized carbons (Fsp3) is 1.00. The van der Waals surface area contributed by atoms with Crippen LogP contribution in [0.5, 0.6) is 0 Å². The molecule has 3 rings (SSSR count). The molecule has 0 aromatic heterocycles. The van der Waals surface area contributed by atoms with E-state index in [9.17, 15) is 0 Å². The zero-order chi connectivity index (χ0) is 10.1. The molecular weight excluding hydrogens is 190 g/mol. The normalized spacial score (nSPS) is 35.6. The number of ether oxygens (including phenoxy) is 2. The van der Waals surface area contributed by atoms with Crippen LogP contribution in [0.2, 0.25) is 0 Å². The second kappa shape index (κ2) is 4.04. The molecule has 3 heteroatoms. The summed E-state index contributed by atoms with van der Waals surface area (Å²) in [5.74, 6) is 0. The van der Waals surface area contributed by atoms with E-state index in [4.69, 9.17) is 9.47 Å². The van der Waals surface area contributed by atoms with Crippen molar-refractivity contribution in [1.29, 1.82) is 0 Å². The SMILES string of the molecule is C1CC2(CCO1)COCCC2NC1CC1. The zero-order valence-electron chi connectivity index (χ0n) is 9.34. The average Bonchev–Trinajstić information content (AvgIpc) is 3.07. The highest BCUT2D eigenvalue weighted by Crippen LogP contribution is 2.39. The Labute approximate surface area is 91.5 Å². The maximum atomic E-state index is 5.70. The van der Waals surface area contributed by atoms with Gasteiger partial charge in [0.1, 0.15) is 0 Å². The van der Waals surface area contributed by atoms with Gasteiger partial charge in [-0.2, -0.15) is 0 Å². The molecule has 3 fully saturated rings. The Hall–Kier alpha value is -0.120. The molecule has 3 nitrogen and oxygen atoms in total. The van der Waals surface area contributed by atoms with Crippen LogP contribution in [0.3, 0.4) is 0 Å². The molecule has 1 atom stereocenters. The van der Waals surface area contributed by atoms with E-state index >= 15 is 0 Å². The van der Waals surface area contributed by atoms with Gasteiger partial charge in [-0.05, 0) is 32.1 Å². The Balaban J connectivity index is 1.69. The van der Waals surface area contributed by atoms with Crippen LogP contribution in [0.15, 0.2) is 0 Å². The molecular formula is C12H21NO2. The van der Waals surface area contributed by atoms with E-state index in [1.54, 1.807) is 0 Å². The van der Waals surface area contributed by atoms with Gasteiger partial charge in [0, 0.05) is 37.3 Å². The van der Waals surface area contributed by atoms with Gasteiger partial charge in [0.05, 0.1) is 6.61 Å². The minimum atomic E-state index is 0.388. The molecule has 86 valence electrons. The first-order chi connectivity index (χ1) is 7.39. The molecule has 1 aliphatic carbocycles. The van der Waals surface area contributed by atoms with Gasteiger partial charge < -0.3 is 14.8 Å². The van der Waals surface area contributed by atoms with Gasteiger partial charge >= 0.3 is 0 Å². The fourth-order valence-corrected chi connectivity index (χ4v) is 2.95.